The lowest BCUT2D eigenvalue weighted by Gasteiger charge is -2.17. The molecule has 0 bridgehead atoms. The number of carbonyl (C=O) groups is 1. The Bertz CT molecular complexity index is 1110. The summed E-state index contributed by atoms with van der Waals surface area (Å²) in [5, 5.41) is 0.484. The van der Waals surface area contributed by atoms with Crippen LogP contribution in [0.3, 0.4) is 0 Å². The van der Waals surface area contributed by atoms with Gasteiger partial charge in [-0.15, -0.1) is 0 Å². The summed E-state index contributed by atoms with van der Waals surface area (Å²) in [4.78, 5) is 15.7. The van der Waals surface area contributed by atoms with Crippen LogP contribution in [0.15, 0.2) is 54.7 Å². The summed E-state index contributed by atoms with van der Waals surface area (Å²) in [5.41, 5.74) is 0.287. The fraction of sp³-hybridized carbons (Fsp3) is 0.385. The maximum absolute atomic E-state index is 13.8. The average molecular weight is 509 g/mol. The second-order valence-electron chi connectivity index (χ2n) is 8.27. The topological polar surface area (TPSA) is 53.4 Å². The number of para-hydroxylation sites is 1. The van der Waals surface area contributed by atoms with Crippen molar-refractivity contribution in [3.8, 4) is 17.1 Å². The summed E-state index contributed by atoms with van der Waals surface area (Å²) in [5.74, 6) is 0.629. The fourth-order valence-electron chi connectivity index (χ4n) is 3.76. The van der Waals surface area contributed by atoms with E-state index in [-0.39, 0.29) is 24.3 Å². The van der Waals surface area contributed by atoms with Crippen molar-refractivity contribution in [3.63, 3.8) is 0 Å². The van der Waals surface area contributed by atoms with Crippen LogP contribution in [0.1, 0.15) is 44.4 Å². The molecule has 0 aliphatic carbocycles. The minimum absolute atomic E-state index is 0.0672. The van der Waals surface area contributed by atoms with E-state index in [4.69, 9.17) is 21.1 Å². The SMILES string of the molecule is CCOC(=O)C[C@H](C)CCCOc1ccccc1Cn1c(C(F)(F)F)cnc1-c1ccc(Cl)cc1. The highest BCUT2D eigenvalue weighted by Gasteiger charge is 2.36. The van der Waals surface area contributed by atoms with Gasteiger partial charge in [0.25, 0.3) is 0 Å². The number of esters is 1. The molecule has 0 aliphatic heterocycles. The van der Waals surface area contributed by atoms with E-state index < -0.39 is 11.9 Å². The number of imidazole rings is 1. The first-order chi connectivity index (χ1) is 16.7. The number of aromatic nitrogens is 2. The largest absolute Gasteiger partial charge is 0.493 e. The molecule has 5 nitrogen and oxygen atoms in total. The van der Waals surface area contributed by atoms with Gasteiger partial charge < -0.3 is 14.0 Å². The van der Waals surface area contributed by atoms with Crippen molar-refractivity contribution < 1.29 is 27.4 Å². The number of benzene rings is 2. The summed E-state index contributed by atoms with van der Waals surface area (Å²) in [6, 6.07) is 13.5. The number of halogens is 4. The molecule has 0 spiro atoms. The van der Waals surface area contributed by atoms with Crippen LogP contribution >= 0.6 is 11.6 Å². The maximum atomic E-state index is 13.8. The number of carbonyl (C=O) groups excluding carboxylic acids is 1. The van der Waals surface area contributed by atoms with Gasteiger partial charge in [-0.25, -0.2) is 4.98 Å². The Morgan fingerprint density at radius 2 is 1.86 bits per heavy atom. The lowest BCUT2D eigenvalue weighted by atomic mass is 10.0. The lowest BCUT2D eigenvalue weighted by molar-refractivity contribution is -0.144. The van der Waals surface area contributed by atoms with Crippen LogP contribution in [-0.4, -0.2) is 28.7 Å². The van der Waals surface area contributed by atoms with Crippen LogP contribution in [-0.2, 0) is 22.3 Å². The molecular weight excluding hydrogens is 481 g/mol. The van der Waals surface area contributed by atoms with Gasteiger partial charge in [0, 0.05) is 22.6 Å². The van der Waals surface area contributed by atoms with Crippen molar-refractivity contribution in [2.24, 2.45) is 5.92 Å². The van der Waals surface area contributed by atoms with E-state index in [2.05, 4.69) is 4.98 Å². The van der Waals surface area contributed by atoms with Crippen LogP contribution < -0.4 is 4.74 Å². The van der Waals surface area contributed by atoms with Crippen LogP contribution in [0.4, 0.5) is 13.2 Å². The predicted molar refractivity (Wildman–Crippen MR) is 128 cm³/mol. The molecule has 1 heterocycles. The molecule has 188 valence electrons. The number of hydrogen-bond donors (Lipinski definition) is 0. The number of rotatable bonds is 11. The number of alkyl halides is 3. The third kappa shape index (κ3) is 7.49. The van der Waals surface area contributed by atoms with Crippen LogP contribution in [0.25, 0.3) is 11.4 Å². The van der Waals surface area contributed by atoms with E-state index >= 15 is 0 Å². The summed E-state index contributed by atoms with van der Waals surface area (Å²) in [6.45, 7) is 4.42. The lowest BCUT2D eigenvalue weighted by Crippen LogP contribution is -2.16. The monoisotopic (exact) mass is 508 g/mol. The molecule has 0 amide bonds. The molecule has 0 unspecified atom stereocenters. The number of nitrogens with zero attached hydrogens (tertiary/aromatic N) is 2. The van der Waals surface area contributed by atoms with Gasteiger partial charge >= 0.3 is 12.1 Å². The highest BCUT2D eigenvalue weighted by Crippen LogP contribution is 2.34. The van der Waals surface area contributed by atoms with Gasteiger partial charge in [0.05, 0.1) is 26.0 Å². The Hall–Kier alpha value is -3.00. The zero-order chi connectivity index (χ0) is 25.4. The Kier molecular flexibility index (Phi) is 9.20. The van der Waals surface area contributed by atoms with Gasteiger partial charge in [0.2, 0.25) is 0 Å². The summed E-state index contributed by atoms with van der Waals surface area (Å²) < 4.78 is 53.3. The van der Waals surface area contributed by atoms with Crippen molar-refractivity contribution in [1.29, 1.82) is 0 Å². The first-order valence-electron chi connectivity index (χ1n) is 11.4. The van der Waals surface area contributed by atoms with Crippen molar-refractivity contribution in [1.82, 2.24) is 9.55 Å². The summed E-state index contributed by atoms with van der Waals surface area (Å²) in [6.07, 6.45) is -1.91. The van der Waals surface area contributed by atoms with Crippen molar-refractivity contribution >= 4 is 17.6 Å². The molecule has 0 aliphatic rings. The smallest absolute Gasteiger partial charge is 0.433 e. The van der Waals surface area contributed by atoms with Gasteiger partial charge in [0.1, 0.15) is 17.3 Å². The van der Waals surface area contributed by atoms with Gasteiger partial charge in [0.15, 0.2) is 0 Å². The van der Waals surface area contributed by atoms with E-state index in [0.29, 0.717) is 48.0 Å². The first-order valence-corrected chi connectivity index (χ1v) is 11.8. The Balaban J connectivity index is 1.74. The van der Waals surface area contributed by atoms with Crippen LogP contribution in [0, 0.1) is 5.92 Å². The highest BCUT2D eigenvalue weighted by molar-refractivity contribution is 6.30. The second-order valence-corrected chi connectivity index (χ2v) is 8.71. The van der Waals surface area contributed by atoms with Gasteiger partial charge in [-0.05, 0) is 56.0 Å². The summed E-state index contributed by atoms with van der Waals surface area (Å²) >= 11 is 5.94. The average Bonchev–Trinajstić information content (AvgIpc) is 3.22. The summed E-state index contributed by atoms with van der Waals surface area (Å²) in [7, 11) is 0. The van der Waals surface area contributed by atoms with E-state index in [0.717, 1.165) is 17.2 Å². The van der Waals surface area contributed by atoms with Crippen LogP contribution in [0.2, 0.25) is 5.02 Å². The molecular formula is C26H28ClF3N2O3. The second kappa shape index (κ2) is 12.1. The molecule has 1 aromatic heterocycles. The molecule has 0 saturated heterocycles. The van der Waals surface area contributed by atoms with E-state index in [9.17, 15) is 18.0 Å². The maximum Gasteiger partial charge on any atom is 0.433 e. The van der Waals surface area contributed by atoms with Gasteiger partial charge in [-0.1, -0.05) is 36.7 Å². The molecule has 1 atom stereocenters. The first kappa shape index (κ1) is 26.6. The van der Waals surface area contributed by atoms with Crippen molar-refractivity contribution in [2.45, 2.75) is 45.8 Å². The van der Waals surface area contributed by atoms with Gasteiger partial charge in [-0.3, -0.25) is 4.79 Å². The number of hydrogen-bond acceptors (Lipinski definition) is 4. The van der Waals surface area contributed by atoms with Gasteiger partial charge in [-0.2, -0.15) is 13.2 Å². The quantitative estimate of drug-likeness (QED) is 0.206. The predicted octanol–water partition coefficient (Wildman–Crippen LogP) is 7.02. The Morgan fingerprint density at radius 1 is 1.14 bits per heavy atom. The third-order valence-corrected chi connectivity index (χ3v) is 5.72. The molecule has 0 N–H and O–H groups in total. The molecule has 2 aromatic carbocycles. The minimum Gasteiger partial charge on any atom is -0.493 e. The fourth-order valence-corrected chi connectivity index (χ4v) is 3.88. The molecule has 0 radical (unpaired) electrons. The third-order valence-electron chi connectivity index (χ3n) is 5.47. The zero-order valence-corrected chi connectivity index (χ0v) is 20.4. The normalized spacial score (nSPS) is 12.4. The Labute approximate surface area is 207 Å². The van der Waals surface area contributed by atoms with Crippen molar-refractivity contribution in [2.75, 3.05) is 13.2 Å². The highest BCUT2D eigenvalue weighted by atomic mass is 35.5. The number of ether oxygens (including phenoxy) is 2. The standard InChI is InChI=1S/C26H28ClF3N2O3/c1-3-34-24(33)15-18(2)7-6-14-35-22-9-5-4-8-20(22)17-32-23(26(28,29)30)16-31-25(32)19-10-12-21(27)13-11-19/h4-5,8-13,16,18H,3,6-7,14-15,17H2,1-2H3/t18-/m1/s1. The molecule has 0 saturated carbocycles. The van der Waals surface area contributed by atoms with E-state index in [1.807, 2.05) is 6.92 Å². The molecule has 35 heavy (non-hydrogen) atoms. The molecule has 3 rings (SSSR count). The zero-order valence-electron chi connectivity index (χ0n) is 19.6. The minimum atomic E-state index is -4.57. The van der Waals surface area contributed by atoms with Crippen molar-refractivity contribution in [3.05, 3.63) is 71.0 Å². The molecule has 9 heteroatoms. The van der Waals surface area contributed by atoms with E-state index in [1.165, 1.54) is 0 Å². The van der Waals surface area contributed by atoms with E-state index in [1.54, 1.807) is 55.5 Å². The Morgan fingerprint density at radius 3 is 2.54 bits per heavy atom. The molecule has 0 fully saturated rings. The molecule has 3 aromatic rings. The van der Waals surface area contributed by atoms with Crippen LogP contribution in [0.5, 0.6) is 5.75 Å².